The number of halogens is 3. The third-order valence-corrected chi connectivity index (χ3v) is 5.05. The third-order valence-electron chi connectivity index (χ3n) is 3.36. The number of hydrogen-bond acceptors (Lipinski definition) is 2. The molecule has 0 saturated heterocycles. The molecule has 0 saturated carbocycles. The Morgan fingerprint density at radius 3 is 2.17 bits per heavy atom. The van der Waals surface area contributed by atoms with Gasteiger partial charge in [0.1, 0.15) is 6.04 Å². The molecule has 2 rings (SSSR count). The lowest BCUT2D eigenvalue weighted by Gasteiger charge is -2.24. The SMILES string of the molecule is C#CC(F)(F)C(NS(=O)(=O)c1ccc(C)cc1)c1ccc(Cl)cc1. The van der Waals surface area contributed by atoms with Crippen LogP contribution in [-0.4, -0.2) is 14.3 Å². The first kappa shape index (κ1) is 18.4. The molecule has 126 valence electrons. The largest absolute Gasteiger partial charge is 0.327 e. The van der Waals surface area contributed by atoms with Crippen LogP contribution in [0.3, 0.4) is 0 Å². The first-order valence-corrected chi connectivity index (χ1v) is 8.72. The number of aryl methyl sites for hydroxylation is 1. The van der Waals surface area contributed by atoms with Crippen LogP contribution in [0.4, 0.5) is 8.78 Å². The molecule has 7 heteroatoms. The molecule has 1 unspecified atom stereocenters. The molecule has 0 aliphatic carbocycles. The van der Waals surface area contributed by atoms with Crippen molar-refractivity contribution in [3.63, 3.8) is 0 Å². The average Bonchev–Trinajstić information content (AvgIpc) is 2.54. The molecule has 0 aromatic heterocycles. The fraction of sp³-hybridized carbons (Fsp3) is 0.176. The Labute approximate surface area is 144 Å². The maximum atomic E-state index is 14.1. The molecule has 2 aromatic carbocycles. The van der Waals surface area contributed by atoms with Gasteiger partial charge >= 0.3 is 5.92 Å². The Kier molecular flexibility index (Phi) is 5.29. The van der Waals surface area contributed by atoms with Gasteiger partial charge in [-0.15, -0.1) is 6.42 Å². The minimum atomic E-state index is -4.19. The molecule has 0 spiro atoms. The second-order valence-corrected chi connectivity index (χ2v) is 7.34. The zero-order valence-electron chi connectivity index (χ0n) is 12.6. The number of alkyl halides is 2. The number of rotatable bonds is 5. The summed E-state index contributed by atoms with van der Waals surface area (Å²) >= 11 is 5.74. The Bertz CT molecular complexity index is 857. The van der Waals surface area contributed by atoms with Gasteiger partial charge in [0.2, 0.25) is 10.0 Å². The summed E-state index contributed by atoms with van der Waals surface area (Å²) in [4.78, 5) is -0.125. The highest BCUT2D eigenvalue weighted by atomic mass is 35.5. The zero-order chi connectivity index (χ0) is 18.0. The Balaban J connectivity index is 2.44. The molecule has 0 fully saturated rings. The van der Waals surface area contributed by atoms with Gasteiger partial charge in [0, 0.05) is 5.02 Å². The Morgan fingerprint density at radius 1 is 1.12 bits per heavy atom. The smallest absolute Gasteiger partial charge is 0.207 e. The fourth-order valence-corrected chi connectivity index (χ4v) is 3.38. The summed E-state index contributed by atoms with van der Waals surface area (Å²) in [5, 5.41) is 0.336. The van der Waals surface area contributed by atoms with Crippen LogP contribution in [0.25, 0.3) is 0 Å². The Hall–Kier alpha value is -1.94. The third kappa shape index (κ3) is 4.12. The summed E-state index contributed by atoms with van der Waals surface area (Å²) in [6, 6.07) is 9.29. The van der Waals surface area contributed by atoms with Crippen molar-refractivity contribution in [2.24, 2.45) is 0 Å². The molecular weight excluding hydrogens is 356 g/mol. The molecule has 0 aliphatic rings. The molecule has 0 bridgehead atoms. The van der Waals surface area contributed by atoms with E-state index in [0.717, 1.165) is 5.56 Å². The maximum absolute atomic E-state index is 14.1. The van der Waals surface area contributed by atoms with Crippen LogP contribution >= 0.6 is 11.6 Å². The molecule has 2 aromatic rings. The van der Waals surface area contributed by atoms with Crippen molar-refractivity contribution in [2.45, 2.75) is 23.8 Å². The van der Waals surface area contributed by atoms with Gasteiger partial charge in [-0.05, 0) is 42.7 Å². The Morgan fingerprint density at radius 2 is 1.67 bits per heavy atom. The first-order chi connectivity index (χ1) is 11.2. The highest BCUT2D eigenvalue weighted by molar-refractivity contribution is 7.89. The predicted molar refractivity (Wildman–Crippen MR) is 89.5 cm³/mol. The van der Waals surface area contributed by atoms with Gasteiger partial charge in [0.15, 0.2) is 0 Å². The van der Waals surface area contributed by atoms with Crippen LogP contribution in [0, 0.1) is 19.3 Å². The molecule has 1 atom stereocenters. The zero-order valence-corrected chi connectivity index (χ0v) is 14.2. The summed E-state index contributed by atoms with van der Waals surface area (Å²) < 4.78 is 55.1. The van der Waals surface area contributed by atoms with E-state index in [1.54, 1.807) is 19.1 Å². The maximum Gasteiger partial charge on any atom is 0.327 e. The van der Waals surface area contributed by atoms with E-state index in [-0.39, 0.29) is 10.5 Å². The number of terminal acetylenes is 1. The highest BCUT2D eigenvalue weighted by Crippen LogP contribution is 2.33. The number of nitrogens with one attached hydrogen (secondary N) is 1. The van der Waals surface area contributed by atoms with Gasteiger partial charge in [-0.3, -0.25) is 0 Å². The average molecular weight is 370 g/mol. The van der Waals surface area contributed by atoms with Crippen LogP contribution in [0.1, 0.15) is 17.2 Å². The molecular formula is C17H14ClF2NO2S. The quantitative estimate of drug-likeness (QED) is 0.811. The minimum absolute atomic E-state index is 0.0121. The highest BCUT2D eigenvalue weighted by Gasteiger charge is 2.41. The second-order valence-electron chi connectivity index (χ2n) is 5.19. The fourth-order valence-electron chi connectivity index (χ4n) is 2.03. The van der Waals surface area contributed by atoms with E-state index in [2.05, 4.69) is 0 Å². The van der Waals surface area contributed by atoms with Crippen molar-refractivity contribution in [1.29, 1.82) is 0 Å². The van der Waals surface area contributed by atoms with E-state index < -0.39 is 22.0 Å². The molecule has 0 aliphatic heterocycles. The molecule has 0 heterocycles. The van der Waals surface area contributed by atoms with Crippen molar-refractivity contribution in [3.05, 3.63) is 64.7 Å². The van der Waals surface area contributed by atoms with Crippen LogP contribution in [0.15, 0.2) is 53.4 Å². The van der Waals surface area contributed by atoms with Gasteiger partial charge in [0.05, 0.1) is 4.90 Å². The molecule has 0 radical (unpaired) electrons. The van der Waals surface area contributed by atoms with E-state index in [9.17, 15) is 17.2 Å². The van der Waals surface area contributed by atoms with Crippen molar-refractivity contribution in [3.8, 4) is 12.3 Å². The topological polar surface area (TPSA) is 46.2 Å². The monoisotopic (exact) mass is 369 g/mol. The summed E-state index contributed by atoms with van der Waals surface area (Å²) in [5.41, 5.74) is 0.857. The number of hydrogen-bond donors (Lipinski definition) is 1. The summed E-state index contributed by atoms with van der Waals surface area (Å²) in [6.45, 7) is 1.78. The van der Waals surface area contributed by atoms with E-state index in [0.29, 0.717) is 5.02 Å². The second kappa shape index (κ2) is 6.89. The van der Waals surface area contributed by atoms with Crippen LogP contribution < -0.4 is 4.72 Å². The molecule has 24 heavy (non-hydrogen) atoms. The van der Waals surface area contributed by atoms with Gasteiger partial charge in [0.25, 0.3) is 0 Å². The van der Waals surface area contributed by atoms with Crippen molar-refractivity contribution in [1.82, 2.24) is 4.72 Å². The van der Waals surface area contributed by atoms with Crippen molar-refractivity contribution in [2.75, 3.05) is 0 Å². The van der Waals surface area contributed by atoms with Crippen molar-refractivity contribution >= 4 is 21.6 Å². The molecule has 3 nitrogen and oxygen atoms in total. The lowest BCUT2D eigenvalue weighted by molar-refractivity contribution is 0.0305. The first-order valence-electron chi connectivity index (χ1n) is 6.86. The van der Waals surface area contributed by atoms with Crippen LogP contribution in [-0.2, 0) is 10.0 Å². The molecule has 1 N–H and O–H groups in total. The van der Waals surface area contributed by atoms with Gasteiger partial charge in [-0.2, -0.15) is 13.5 Å². The minimum Gasteiger partial charge on any atom is -0.207 e. The standard InChI is InChI=1S/C17H14ClF2NO2S/c1-3-17(19,20)16(13-6-8-14(18)9-7-13)21-24(22,23)15-10-4-12(2)5-11-15/h1,4-11,16,21H,2H3. The van der Waals surface area contributed by atoms with Crippen molar-refractivity contribution < 1.29 is 17.2 Å². The van der Waals surface area contributed by atoms with Crippen LogP contribution in [0.5, 0.6) is 0 Å². The summed E-state index contributed by atoms with van der Waals surface area (Å²) in [5.74, 6) is -2.37. The van der Waals surface area contributed by atoms with Gasteiger partial charge in [-0.1, -0.05) is 41.4 Å². The summed E-state index contributed by atoms with van der Waals surface area (Å²) in [6.07, 6.45) is 4.89. The lowest BCUT2D eigenvalue weighted by atomic mass is 10.0. The van der Waals surface area contributed by atoms with E-state index in [4.69, 9.17) is 18.0 Å². The normalized spacial score (nSPS) is 13.3. The predicted octanol–water partition coefficient (Wildman–Crippen LogP) is 3.94. The number of sulfonamides is 1. The van der Waals surface area contributed by atoms with E-state index in [1.165, 1.54) is 42.3 Å². The molecule has 0 amide bonds. The van der Waals surface area contributed by atoms with E-state index >= 15 is 0 Å². The summed E-state index contributed by atoms with van der Waals surface area (Å²) in [7, 11) is -4.19. The number of benzene rings is 2. The van der Waals surface area contributed by atoms with E-state index in [1.807, 2.05) is 4.72 Å². The van der Waals surface area contributed by atoms with Gasteiger partial charge < -0.3 is 0 Å². The lowest BCUT2D eigenvalue weighted by Crippen LogP contribution is -2.39. The van der Waals surface area contributed by atoms with Crippen LogP contribution in [0.2, 0.25) is 5.02 Å². The van der Waals surface area contributed by atoms with Gasteiger partial charge in [-0.25, -0.2) is 8.42 Å².